The lowest BCUT2D eigenvalue weighted by molar-refractivity contribution is -0.147. The van der Waals surface area contributed by atoms with Crippen LogP contribution < -0.4 is 0 Å². The molecule has 0 fully saturated rings. The molecule has 0 bridgehead atoms. The Balaban J connectivity index is 3.00. The Labute approximate surface area is 94.9 Å². The number of hydrogen-bond donors (Lipinski definition) is 0. The monoisotopic (exact) mass is 224 g/mol. The SMILES string of the molecule is COC(=O)C1=CC=C(C)CCC1C(=O)OC. The molecule has 4 heteroatoms. The van der Waals surface area contributed by atoms with Crippen molar-refractivity contribution in [3.05, 3.63) is 23.3 Å². The van der Waals surface area contributed by atoms with Crippen LogP contribution in [0, 0.1) is 5.92 Å². The Morgan fingerprint density at radius 3 is 2.50 bits per heavy atom. The van der Waals surface area contributed by atoms with Gasteiger partial charge in [-0.05, 0) is 19.8 Å². The fourth-order valence-electron chi connectivity index (χ4n) is 1.67. The van der Waals surface area contributed by atoms with E-state index in [0.29, 0.717) is 12.0 Å². The predicted octanol–water partition coefficient (Wildman–Crippen LogP) is 1.62. The van der Waals surface area contributed by atoms with Crippen molar-refractivity contribution >= 4 is 11.9 Å². The fraction of sp³-hybridized carbons (Fsp3) is 0.500. The van der Waals surface area contributed by atoms with E-state index in [0.717, 1.165) is 12.0 Å². The van der Waals surface area contributed by atoms with E-state index < -0.39 is 11.9 Å². The second-order valence-electron chi connectivity index (χ2n) is 3.74. The van der Waals surface area contributed by atoms with E-state index in [1.54, 1.807) is 6.08 Å². The van der Waals surface area contributed by atoms with Crippen molar-refractivity contribution in [2.24, 2.45) is 5.92 Å². The smallest absolute Gasteiger partial charge is 0.334 e. The summed E-state index contributed by atoms with van der Waals surface area (Å²) >= 11 is 0. The molecule has 0 N–H and O–H groups in total. The minimum atomic E-state index is -0.522. The number of methoxy groups -OCH3 is 2. The average molecular weight is 224 g/mol. The zero-order chi connectivity index (χ0) is 12.1. The molecule has 16 heavy (non-hydrogen) atoms. The molecule has 0 radical (unpaired) electrons. The summed E-state index contributed by atoms with van der Waals surface area (Å²) in [6.45, 7) is 1.96. The predicted molar refractivity (Wildman–Crippen MR) is 58.6 cm³/mol. The number of ether oxygens (including phenoxy) is 2. The summed E-state index contributed by atoms with van der Waals surface area (Å²) in [5, 5.41) is 0. The van der Waals surface area contributed by atoms with E-state index in [1.807, 2.05) is 13.0 Å². The third-order valence-electron chi connectivity index (χ3n) is 2.66. The quantitative estimate of drug-likeness (QED) is 0.669. The number of hydrogen-bond acceptors (Lipinski definition) is 4. The van der Waals surface area contributed by atoms with E-state index in [2.05, 4.69) is 4.74 Å². The lowest BCUT2D eigenvalue weighted by atomic mass is 9.94. The van der Waals surface area contributed by atoms with E-state index >= 15 is 0 Å². The van der Waals surface area contributed by atoms with Crippen molar-refractivity contribution in [2.45, 2.75) is 19.8 Å². The van der Waals surface area contributed by atoms with Crippen LogP contribution in [0.1, 0.15) is 19.8 Å². The maximum atomic E-state index is 11.6. The molecule has 0 aromatic carbocycles. The zero-order valence-corrected chi connectivity index (χ0v) is 9.78. The van der Waals surface area contributed by atoms with Gasteiger partial charge in [-0.1, -0.05) is 17.7 Å². The number of carbonyl (C=O) groups is 2. The van der Waals surface area contributed by atoms with Gasteiger partial charge in [0.05, 0.1) is 25.7 Å². The summed E-state index contributed by atoms with van der Waals surface area (Å²) in [6.07, 6.45) is 4.84. The van der Waals surface area contributed by atoms with Gasteiger partial charge in [-0.3, -0.25) is 4.79 Å². The van der Waals surface area contributed by atoms with Crippen LogP contribution in [0.15, 0.2) is 23.3 Å². The van der Waals surface area contributed by atoms with Gasteiger partial charge in [0.1, 0.15) is 0 Å². The first-order chi connectivity index (χ1) is 7.60. The molecule has 0 aliphatic heterocycles. The molecule has 0 heterocycles. The number of carbonyl (C=O) groups excluding carboxylic acids is 2. The van der Waals surface area contributed by atoms with Crippen molar-refractivity contribution in [3.8, 4) is 0 Å². The lowest BCUT2D eigenvalue weighted by Gasteiger charge is -2.14. The number of rotatable bonds is 2. The van der Waals surface area contributed by atoms with Gasteiger partial charge in [0.25, 0.3) is 0 Å². The van der Waals surface area contributed by atoms with Crippen LogP contribution in [-0.2, 0) is 19.1 Å². The van der Waals surface area contributed by atoms with Gasteiger partial charge in [-0.2, -0.15) is 0 Å². The summed E-state index contributed by atoms with van der Waals surface area (Å²) in [5.74, 6) is -1.38. The Bertz CT molecular complexity index is 352. The van der Waals surface area contributed by atoms with E-state index in [1.165, 1.54) is 14.2 Å². The molecule has 0 saturated carbocycles. The van der Waals surface area contributed by atoms with Crippen LogP contribution in [0.4, 0.5) is 0 Å². The zero-order valence-electron chi connectivity index (χ0n) is 9.78. The summed E-state index contributed by atoms with van der Waals surface area (Å²) in [5.41, 5.74) is 1.50. The van der Waals surface area contributed by atoms with Crippen LogP contribution in [-0.4, -0.2) is 26.2 Å². The lowest BCUT2D eigenvalue weighted by Crippen LogP contribution is -2.23. The van der Waals surface area contributed by atoms with Gasteiger partial charge in [0.15, 0.2) is 0 Å². The van der Waals surface area contributed by atoms with Crippen LogP contribution in [0.25, 0.3) is 0 Å². The maximum Gasteiger partial charge on any atom is 0.334 e. The van der Waals surface area contributed by atoms with Crippen molar-refractivity contribution in [2.75, 3.05) is 14.2 Å². The van der Waals surface area contributed by atoms with E-state index in [-0.39, 0.29) is 5.97 Å². The first-order valence-corrected chi connectivity index (χ1v) is 5.13. The van der Waals surface area contributed by atoms with Gasteiger partial charge < -0.3 is 9.47 Å². The second kappa shape index (κ2) is 5.49. The molecule has 88 valence electrons. The van der Waals surface area contributed by atoms with Gasteiger partial charge >= 0.3 is 11.9 Å². The largest absolute Gasteiger partial charge is 0.469 e. The Morgan fingerprint density at radius 1 is 1.25 bits per heavy atom. The summed E-state index contributed by atoms with van der Waals surface area (Å²) in [7, 11) is 2.63. The highest BCUT2D eigenvalue weighted by Crippen LogP contribution is 2.25. The molecule has 1 aliphatic carbocycles. The fourth-order valence-corrected chi connectivity index (χ4v) is 1.67. The topological polar surface area (TPSA) is 52.6 Å². The van der Waals surface area contributed by atoms with E-state index in [9.17, 15) is 9.59 Å². The highest BCUT2D eigenvalue weighted by Gasteiger charge is 2.29. The van der Waals surface area contributed by atoms with Crippen molar-refractivity contribution in [1.29, 1.82) is 0 Å². The summed E-state index contributed by atoms with van der Waals surface area (Å²) in [6, 6.07) is 0. The number of esters is 2. The Hall–Kier alpha value is -1.58. The van der Waals surface area contributed by atoms with Crippen molar-refractivity contribution in [3.63, 3.8) is 0 Å². The molecule has 1 unspecified atom stereocenters. The molecular formula is C12H16O4. The molecule has 4 nitrogen and oxygen atoms in total. The molecule has 0 aromatic heterocycles. The summed E-state index contributed by atoms with van der Waals surface area (Å²) < 4.78 is 9.36. The second-order valence-corrected chi connectivity index (χ2v) is 3.74. The van der Waals surface area contributed by atoms with Crippen molar-refractivity contribution < 1.29 is 19.1 Å². The van der Waals surface area contributed by atoms with Crippen LogP contribution in [0.2, 0.25) is 0 Å². The molecule has 1 atom stereocenters. The Morgan fingerprint density at radius 2 is 1.94 bits per heavy atom. The van der Waals surface area contributed by atoms with Crippen LogP contribution in [0.5, 0.6) is 0 Å². The molecule has 0 saturated heterocycles. The summed E-state index contributed by atoms with van der Waals surface area (Å²) in [4.78, 5) is 23.1. The molecule has 1 rings (SSSR count). The molecule has 0 spiro atoms. The first kappa shape index (κ1) is 12.5. The standard InChI is InChI=1S/C12H16O4/c1-8-4-6-9(11(13)15-2)10(7-5-8)12(14)16-3/h4,6,10H,5,7H2,1-3H3. The highest BCUT2D eigenvalue weighted by atomic mass is 16.5. The first-order valence-electron chi connectivity index (χ1n) is 5.13. The number of allylic oxidation sites excluding steroid dienone is 3. The minimum absolute atomic E-state index is 0.367. The third-order valence-corrected chi connectivity index (χ3v) is 2.66. The molecule has 0 amide bonds. The van der Waals surface area contributed by atoms with E-state index in [4.69, 9.17) is 4.74 Å². The normalized spacial score (nSPS) is 20.3. The van der Waals surface area contributed by atoms with Crippen LogP contribution >= 0.6 is 0 Å². The van der Waals surface area contributed by atoms with Gasteiger partial charge in [0, 0.05) is 0 Å². The Kier molecular flexibility index (Phi) is 4.28. The molecule has 0 aromatic rings. The van der Waals surface area contributed by atoms with Crippen molar-refractivity contribution in [1.82, 2.24) is 0 Å². The van der Waals surface area contributed by atoms with Gasteiger partial charge in [-0.15, -0.1) is 0 Å². The maximum absolute atomic E-state index is 11.6. The minimum Gasteiger partial charge on any atom is -0.469 e. The average Bonchev–Trinajstić information content (AvgIpc) is 2.49. The van der Waals surface area contributed by atoms with Gasteiger partial charge in [0.2, 0.25) is 0 Å². The highest BCUT2D eigenvalue weighted by molar-refractivity contribution is 5.95. The molecular weight excluding hydrogens is 208 g/mol. The van der Waals surface area contributed by atoms with Crippen LogP contribution in [0.3, 0.4) is 0 Å². The third kappa shape index (κ3) is 2.72. The van der Waals surface area contributed by atoms with Gasteiger partial charge in [-0.25, -0.2) is 4.79 Å². The molecule has 1 aliphatic rings.